The summed E-state index contributed by atoms with van der Waals surface area (Å²) in [6, 6.07) is 16.4. The van der Waals surface area contributed by atoms with Crippen molar-refractivity contribution >= 4 is 0 Å². The zero-order valence-electron chi connectivity index (χ0n) is 19.3. The largest absolute Gasteiger partial charge is 0.490 e. The average molecular weight is 447 g/mol. The summed E-state index contributed by atoms with van der Waals surface area (Å²) < 4.78 is 19.9. The first-order chi connectivity index (χ1) is 16.1. The van der Waals surface area contributed by atoms with E-state index in [-0.39, 0.29) is 17.8 Å². The molecule has 1 saturated carbocycles. The van der Waals surface area contributed by atoms with Gasteiger partial charge in [0.1, 0.15) is 12.4 Å². The SMILES string of the molecule is Cc1cccc(-c2ccc(OC[C@@H]3Cn4c(COC5CCCC5)cc(=O)nc4O3)cc2)c1C. The second kappa shape index (κ2) is 9.40. The van der Waals surface area contributed by atoms with Gasteiger partial charge in [0.15, 0.2) is 6.10 Å². The Hall–Kier alpha value is -3.12. The van der Waals surface area contributed by atoms with Crippen LogP contribution in [0, 0.1) is 13.8 Å². The molecule has 0 bridgehead atoms. The van der Waals surface area contributed by atoms with Crippen LogP contribution in [0.15, 0.2) is 53.3 Å². The molecule has 6 nitrogen and oxygen atoms in total. The first-order valence-electron chi connectivity index (χ1n) is 11.8. The molecule has 0 saturated heterocycles. The van der Waals surface area contributed by atoms with Crippen LogP contribution in [0.25, 0.3) is 11.1 Å². The van der Waals surface area contributed by atoms with Gasteiger partial charge in [-0.3, -0.25) is 9.36 Å². The van der Waals surface area contributed by atoms with Gasteiger partial charge in [-0.25, -0.2) is 0 Å². The number of nitrogens with zero attached hydrogens (tertiary/aromatic N) is 2. The van der Waals surface area contributed by atoms with Crippen LogP contribution in [0.1, 0.15) is 42.5 Å². The highest BCUT2D eigenvalue weighted by Crippen LogP contribution is 2.28. The monoisotopic (exact) mass is 446 g/mol. The minimum Gasteiger partial charge on any atom is -0.490 e. The number of rotatable bonds is 7. The van der Waals surface area contributed by atoms with Crippen molar-refractivity contribution in [3.63, 3.8) is 0 Å². The summed E-state index contributed by atoms with van der Waals surface area (Å²) in [7, 11) is 0. The van der Waals surface area contributed by atoms with E-state index in [1.165, 1.54) is 35.1 Å². The smallest absolute Gasteiger partial charge is 0.300 e. The number of aryl methyl sites for hydroxylation is 1. The normalized spacial score (nSPS) is 17.7. The Morgan fingerprint density at radius 2 is 1.88 bits per heavy atom. The van der Waals surface area contributed by atoms with Gasteiger partial charge in [0.05, 0.1) is 24.9 Å². The van der Waals surface area contributed by atoms with Crippen molar-refractivity contribution in [3.05, 3.63) is 75.7 Å². The summed E-state index contributed by atoms with van der Waals surface area (Å²) in [5, 5.41) is 0. The number of fused-ring (bicyclic) bond motifs is 1. The zero-order valence-corrected chi connectivity index (χ0v) is 19.3. The number of hydrogen-bond acceptors (Lipinski definition) is 5. The van der Waals surface area contributed by atoms with Crippen molar-refractivity contribution in [1.82, 2.24) is 9.55 Å². The van der Waals surface area contributed by atoms with Crippen LogP contribution in [0.2, 0.25) is 0 Å². The molecule has 0 amide bonds. The summed E-state index contributed by atoms with van der Waals surface area (Å²) in [5.74, 6) is 0.788. The van der Waals surface area contributed by atoms with Crippen molar-refractivity contribution in [2.45, 2.75) is 64.9 Å². The van der Waals surface area contributed by atoms with Gasteiger partial charge in [-0.15, -0.1) is 0 Å². The van der Waals surface area contributed by atoms with Crippen LogP contribution >= 0.6 is 0 Å². The predicted molar refractivity (Wildman–Crippen MR) is 127 cm³/mol. The Morgan fingerprint density at radius 3 is 2.67 bits per heavy atom. The van der Waals surface area contributed by atoms with Crippen molar-refractivity contribution < 1.29 is 14.2 Å². The molecule has 1 aliphatic carbocycles. The second-order valence-electron chi connectivity index (χ2n) is 9.02. The van der Waals surface area contributed by atoms with E-state index in [1.54, 1.807) is 6.07 Å². The topological polar surface area (TPSA) is 62.6 Å². The number of benzene rings is 2. The summed E-state index contributed by atoms with van der Waals surface area (Å²) in [5.41, 5.74) is 5.50. The van der Waals surface area contributed by atoms with Gasteiger partial charge in [-0.1, -0.05) is 43.2 Å². The van der Waals surface area contributed by atoms with Crippen LogP contribution in [0.5, 0.6) is 11.8 Å². The number of ether oxygens (including phenoxy) is 3. The van der Waals surface area contributed by atoms with Crippen LogP contribution < -0.4 is 15.0 Å². The molecule has 0 radical (unpaired) electrons. The van der Waals surface area contributed by atoms with E-state index in [0.717, 1.165) is 24.3 Å². The molecule has 2 aliphatic rings. The Labute approximate surface area is 194 Å². The van der Waals surface area contributed by atoms with Crippen LogP contribution in [0.3, 0.4) is 0 Å². The Balaban J connectivity index is 1.21. The third kappa shape index (κ3) is 4.81. The van der Waals surface area contributed by atoms with E-state index in [2.05, 4.69) is 49.2 Å². The molecule has 3 aromatic rings. The molecule has 1 atom stereocenters. The summed E-state index contributed by atoms with van der Waals surface area (Å²) in [6.45, 7) is 5.66. The summed E-state index contributed by atoms with van der Waals surface area (Å²) >= 11 is 0. The second-order valence-corrected chi connectivity index (χ2v) is 9.02. The van der Waals surface area contributed by atoms with Crippen molar-refractivity contribution in [2.75, 3.05) is 6.61 Å². The Morgan fingerprint density at radius 1 is 1.09 bits per heavy atom. The predicted octanol–water partition coefficient (Wildman–Crippen LogP) is 4.83. The number of aromatic nitrogens is 2. The number of hydrogen-bond donors (Lipinski definition) is 0. The van der Waals surface area contributed by atoms with E-state index in [0.29, 0.717) is 25.8 Å². The molecular formula is C27H30N2O4. The van der Waals surface area contributed by atoms with Gasteiger partial charge >= 0.3 is 6.01 Å². The fourth-order valence-corrected chi connectivity index (χ4v) is 4.65. The highest BCUT2D eigenvalue weighted by Gasteiger charge is 2.27. The molecule has 6 heteroatoms. The lowest BCUT2D eigenvalue weighted by Gasteiger charge is -2.14. The van der Waals surface area contributed by atoms with E-state index >= 15 is 0 Å². The molecule has 1 aromatic heterocycles. The molecule has 0 unspecified atom stereocenters. The third-order valence-electron chi connectivity index (χ3n) is 6.71. The maximum Gasteiger partial charge on any atom is 0.300 e. The maximum atomic E-state index is 12.0. The minimum atomic E-state index is -0.296. The van der Waals surface area contributed by atoms with Gasteiger partial charge in [-0.2, -0.15) is 4.98 Å². The molecule has 172 valence electrons. The van der Waals surface area contributed by atoms with E-state index in [1.807, 2.05) is 16.7 Å². The van der Waals surface area contributed by atoms with Crippen LogP contribution in [-0.2, 0) is 17.9 Å². The molecule has 0 spiro atoms. The highest BCUT2D eigenvalue weighted by molar-refractivity contribution is 5.68. The van der Waals surface area contributed by atoms with E-state index < -0.39 is 0 Å². The maximum absolute atomic E-state index is 12.0. The summed E-state index contributed by atoms with van der Waals surface area (Å²) in [4.78, 5) is 16.1. The molecule has 1 aliphatic heterocycles. The average Bonchev–Trinajstić information content (AvgIpc) is 3.48. The molecule has 2 heterocycles. The molecule has 33 heavy (non-hydrogen) atoms. The first kappa shape index (κ1) is 21.7. The standard InChI is InChI=1S/C27H30N2O4/c1-18-6-5-9-25(19(18)2)20-10-12-23(13-11-20)32-17-24-15-29-21(14-26(30)28-27(29)33-24)16-31-22-7-3-4-8-22/h5-6,9-14,22,24H,3-4,7-8,15-17H2,1-2H3/t24-/m0/s1. The molecule has 1 fully saturated rings. The molecule has 0 N–H and O–H groups in total. The van der Waals surface area contributed by atoms with E-state index in [4.69, 9.17) is 14.2 Å². The fraction of sp³-hybridized carbons (Fsp3) is 0.407. The van der Waals surface area contributed by atoms with Gasteiger partial charge < -0.3 is 14.2 Å². The van der Waals surface area contributed by atoms with Gasteiger partial charge in [0, 0.05) is 6.07 Å². The Bertz CT molecular complexity index is 1180. The van der Waals surface area contributed by atoms with Crippen LogP contribution in [0.4, 0.5) is 0 Å². The van der Waals surface area contributed by atoms with Crippen LogP contribution in [-0.4, -0.2) is 28.4 Å². The minimum absolute atomic E-state index is 0.205. The van der Waals surface area contributed by atoms with Gasteiger partial charge in [0.2, 0.25) is 0 Å². The molecule has 5 rings (SSSR count). The lowest BCUT2D eigenvalue weighted by atomic mass is 9.97. The third-order valence-corrected chi connectivity index (χ3v) is 6.71. The van der Waals surface area contributed by atoms with E-state index in [9.17, 15) is 4.79 Å². The molecular weight excluding hydrogens is 416 g/mol. The lowest BCUT2D eigenvalue weighted by molar-refractivity contribution is 0.0418. The summed E-state index contributed by atoms with van der Waals surface area (Å²) in [6.07, 6.45) is 4.70. The van der Waals surface area contributed by atoms with Crippen molar-refractivity contribution in [2.24, 2.45) is 0 Å². The zero-order chi connectivity index (χ0) is 22.8. The molecule has 2 aromatic carbocycles. The first-order valence-corrected chi connectivity index (χ1v) is 11.8. The lowest BCUT2D eigenvalue weighted by Crippen LogP contribution is -2.23. The highest BCUT2D eigenvalue weighted by atomic mass is 16.6. The van der Waals surface area contributed by atoms with Crippen molar-refractivity contribution in [1.29, 1.82) is 0 Å². The fourth-order valence-electron chi connectivity index (χ4n) is 4.65. The van der Waals surface area contributed by atoms with Gasteiger partial charge in [0.25, 0.3) is 5.56 Å². The Kier molecular flexibility index (Phi) is 6.18. The van der Waals surface area contributed by atoms with Crippen molar-refractivity contribution in [3.8, 4) is 22.9 Å². The quantitative estimate of drug-likeness (QED) is 0.520. The van der Waals surface area contributed by atoms with Gasteiger partial charge in [-0.05, 0) is 61.1 Å².